The lowest BCUT2D eigenvalue weighted by Gasteiger charge is -2.08. The summed E-state index contributed by atoms with van der Waals surface area (Å²) < 4.78 is 37.0. The van der Waals surface area contributed by atoms with Crippen LogP contribution in [0.5, 0.6) is 5.75 Å². The van der Waals surface area contributed by atoms with Crippen molar-refractivity contribution >= 4 is 11.9 Å². The minimum Gasteiger partial charge on any atom is -0.497 e. The summed E-state index contributed by atoms with van der Waals surface area (Å²) in [5.41, 5.74) is 4.31. The van der Waals surface area contributed by atoms with Crippen molar-refractivity contribution in [1.82, 2.24) is 10.6 Å². The summed E-state index contributed by atoms with van der Waals surface area (Å²) in [5, 5.41) is 13.7. The molecule has 6 nitrogen and oxygen atoms in total. The van der Waals surface area contributed by atoms with Crippen LogP contribution >= 0.6 is 0 Å². The number of hydrogen-bond donors (Lipinski definition) is 3. The largest absolute Gasteiger partial charge is 0.497 e. The van der Waals surface area contributed by atoms with E-state index in [2.05, 4.69) is 34.9 Å². The monoisotopic (exact) mass is 500 g/mol. The third-order valence-corrected chi connectivity index (χ3v) is 5.63. The first-order valence-electron chi connectivity index (χ1n) is 11.3. The summed E-state index contributed by atoms with van der Waals surface area (Å²) in [6.07, 6.45) is -3.95. The number of benzene rings is 3. The standard InChI is InChI=1S/C25H26N2O2.C2HF3O2/c1-29-22-9-5-8-19(14-22)17-26-24-15-23(24)20-10-12-21(13-11-20)25(28)27-16-18-6-3-2-4-7-18;3-2(4,5)1(6)7/h2-14,23-24,26H,15-17H2,1H3,(H,27,28);(H,6,7). The Hall–Kier alpha value is -3.85. The van der Waals surface area contributed by atoms with Crippen LogP contribution in [0.25, 0.3) is 0 Å². The lowest BCUT2D eigenvalue weighted by molar-refractivity contribution is -0.192. The van der Waals surface area contributed by atoms with Crippen LogP contribution in [-0.2, 0) is 17.9 Å². The molecule has 3 aromatic rings. The molecule has 1 aliphatic carbocycles. The van der Waals surface area contributed by atoms with Gasteiger partial charge in [-0.05, 0) is 47.4 Å². The fraction of sp³-hybridized carbons (Fsp3) is 0.259. The lowest BCUT2D eigenvalue weighted by Crippen LogP contribution is -2.22. The quantitative estimate of drug-likeness (QED) is 0.409. The van der Waals surface area contributed by atoms with Crippen LogP contribution in [0.15, 0.2) is 78.9 Å². The maximum Gasteiger partial charge on any atom is 0.490 e. The van der Waals surface area contributed by atoms with Gasteiger partial charge in [0.15, 0.2) is 0 Å². The predicted molar refractivity (Wildman–Crippen MR) is 129 cm³/mol. The Kier molecular flexibility index (Phi) is 9.08. The van der Waals surface area contributed by atoms with Gasteiger partial charge in [0.2, 0.25) is 0 Å². The molecule has 1 saturated carbocycles. The minimum atomic E-state index is -5.08. The molecule has 0 aromatic heterocycles. The van der Waals surface area contributed by atoms with E-state index in [-0.39, 0.29) is 5.91 Å². The third kappa shape index (κ3) is 8.13. The van der Waals surface area contributed by atoms with Gasteiger partial charge in [-0.1, -0.05) is 54.6 Å². The number of alkyl halides is 3. The molecule has 0 radical (unpaired) electrons. The number of carboxylic acid groups (broad SMARTS) is 1. The maximum atomic E-state index is 12.4. The van der Waals surface area contributed by atoms with Crippen LogP contribution in [0, 0.1) is 0 Å². The Morgan fingerprint density at radius 3 is 2.19 bits per heavy atom. The molecule has 36 heavy (non-hydrogen) atoms. The summed E-state index contributed by atoms with van der Waals surface area (Å²) in [7, 11) is 1.69. The number of carbonyl (C=O) groups is 2. The molecule has 9 heteroatoms. The third-order valence-electron chi connectivity index (χ3n) is 5.63. The van der Waals surface area contributed by atoms with Crippen molar-refractivity contribution in [1.29, 1.82) is 0 Å². The second kappa shape index (κ2) is 12.2. The molecule has 2 unspecified atom stereocenters. The van der Waals surface area contributed by atoms with Crippen molar-refractivity contribution in [3.05, 3.63) is 101 Å². The molecule has 0 spiro atoms. The first-order chi connectivity index (χ1) is 17.2. The zero-order chi connectivity index (χ0) is 26.1. The van der Waals surface area contributed by atoms with Gasteiger partial charge in [0.05, 0.1) is 7.11 Å². The first kappa shape index (κ1) is 26.7. The van der Waals surface area contributed by atoms with Crippen molar-refractivity contribution in [3.8, 4) is 5.75 Å². The molecule has 1 fully saturated rings. The zero-order valence-corrected chi connectivity index (χ0v) is 19.6. The molecule has 3 N–H and O–H groups in total. The van der Waals surface area contributed by atoms with Gasteiger partial charge in [0.25, 0.3) is 5.91 Å². The van der Waals surface area contributed by atoms with E-state index in [0.717, 1.165) is 24.3 Å². The van der Waals surface area contributed by atoms with E-state index in [1.165, 1.54) is 11.1 Å². The molecule has 2 atom stereocenters. The van der Waals surface area contributed by atoms with Gasteiger partial charge in [-0.3, -0.25) is 4.79 Å². The van der Waals surface area contributed by atoms with Gasteiger partial charge in [-0.15, -0.1) is 0 Å². The van der Waals surface area contributed by atoms with Gasteiger partial charge >= 0.3 is 12.1 Å². The van der Waals surface area contributed by atoms with Crippen LogP contribution in [0.4, 0.5) is 13.2 Å². The number of aliphatic carboxylic acids is 1. The summed E-state index contributed by atoms with van der Waals surface area (Å²) in [6, 6.07) is 26.6. The van der Waals surface area contributed by atoms with Crippen molar-refractivity contribution in [2.75, 3.05) is 7.11 Å². The Balaban J connectivity index is 0.000000454. The van der Waals surface area contributed by atoms with Crippen molar-refractivity contribution in [2.24, 2.45) is 0 Å². The van der Waals surface area contributed by atoms with E-state index in [9.17, 15) is 18.0 Å². The van der Waals surface area contributed by atoms with E-state index in [1.54, 1.807) is 7.11 Å². The fourth-order valence-electron chi connectivity index (χ4n) is 3.58. The summed E-state index contributed by atoms with van der Waals surface area (Å²) >= 11 is 0. The molecule has 0 saturated heterocycles. The van der Waals surface area contributed by atoms with E-state index in [4.69, 9.17) is 14.6 Å². The van der Waals surface area contributed by atoms with Crippen molar-refractivity contribution < 1.29 is 32.6 Å². The van der Waals surface area contributed by atoms with E-state index in [0.29, 0.717) is 24.1 Å². The molecule has 1 amide bonds. The highest BCUT2D eigenvalue weighted by Crippen LogP contribution is 2.41. The second-order valence-electron chi connectivity index (χ2n) is 8.27. The highest BCUT2D eigenvalue weighted by atomic mass is 19.4. The molecule has 0 bridgehead atoms. The number of ether oxygens (including phenoxy) is 1. The van der Waals surface area contributed by atoms with Crippen LogP contribution in [-0.4, -0.2) is 36.3 Å². The predicted octanol–water partition coefficient (Wildman–Crippen LogP) is 4.90. The summed E-state index contributed by atoms with van der Waals surface area (Å²) in [4.78, 5) is 21.3. The van der Waals surface area contributed by atoms with Crippen LogP contribution in [0.3, 0.4) is 0 Å². The maximum absolute atomic E-state index is 12.4. The SMILES string of the molecule is COc1cccc(CNC2CC2c2ccc(C(=O)NCc3ccccc3)cc2)c1.O=C(O)C(F)(F)F. The molecular weight excluding hydrogens is 473 g/mol. The Morgan fingerprint density at radius 2 is 1.58 bits per heavy atom. The average molecular weight is 501 g/mol. The van der Waals surface area contributed by atoms with Crippen LogP contribution in [0.2, 0.25) is 0 Å². The average Bonchev–Trinajstić information content (AvgIpc) is 3.66. The van der Waals surface area contributed by atoms with Gasteiger partial charge in [0, 0.05) is 30.6 Å². The molecular formula is C27H27F3N2O4. The van der Waals surface area contributed by atoms with Crippen molar-refractivity contribution in [2.45, 2.75) is 37.6 Å². The summed E-state index contributed by atoms with van der Waals surface area (Å²) in [6.45, 7) is 1.37. The van der Waals surface area contributed by atoms with Gasteiger partial charge in [-0.2, -0.15) is 13.2 Å². The first-order valence-corrected chi connectivity index (χ1v) is 11.3. The number of nitrogens with one attached hydrogen (secondary N) is 2. The highest BCUT2D eigenvalue weighted by Gasteiger charge is 2.38. The number of methoxy groups -OCH3 is 1. The van der Waals surface area contributed by atoms with E-state index >= 15 is 0 Å². The Labute approximate surface area is 207 Å². The van der Waals surface area contributed by atoms with E-state index < -0.39 is 12.1 Å². The zero-order valence-electron chi connectivity index (χ0n) is 19.6. The number of carboxylic acids is 1. The Bertz CT molecular complexity index is 1150. The smallest absolute Gasteiger partial charge is 0.490 e. The minimum absolute atomic E-state index is 0.0381. The van der Waals surface area contributed by atoms with Gasteiger partial charge < -0.3 is 20.5 Å². The highest BCUT2D eigenvalue weighted by molar-refractivity contribution is 5.94. The number of carbonyl (C=O) groups excluding carboxylic acids is 1. The normalized spacial score (nSPS) is 16.3. The number of rotatable bonds is 8. The van der Waals surface area contributed by atoms with Crippen LogP contribution < -0.4 is 15.4 Å². The molecule has 0 heterocycles. The number of hydrogen-bond acceptors (Lipinski definition) is 4. The molecule has 1 aliphatic rings. The van der Waals surface area contributed by atoms with Crippen LogP contribution in [0.1, 0.15) is 39.4 Å². The molecule has 0 aliphatic heterocycles. The van der Waals surface area contributed by atoms with Crippen molar-refractivity contribution in [3.63, 3.8) is 0 Å². The molecule has 3 aromatic carbocycles. The number of amides is 1. The Morgan fingerprint density at radius 1 is 0.944 bits per heavy atom. The fourth-order valence-corrected chi connectivity index (χ4v) is 3.58. The lowest BCUT2D eigenvalue weighted by atomic mass is 10.1. The molecule has 4 rings (SSSR count). The number of halogens is 3. The van der Waals surface area contributed by atoms with E-state index in [1.807, 2.05) is 54.6 Å². The topological polar surface area (TPSA) is 87.7 Å². The van der Waals surface area contributed by atoms with Gasteiger partial charge in [0.1, 0.15) is 5.75 Å². The second-order valence-corrected chi connectivity index (χ2v) is 8.27. The van der Waals surface area contributed by atoms with Gasteiger partial charge in [-0.25, -0.2) is 4.79 Å². The summed E-state index contributed by atoms with van der Waals surface area (Å²) in [5.74, 6) is -1.39. The molecule has 190 valence electrons.